The van der Waals surface area contributed by atoms with E-state index in [1.165, 1.54) is 0 Å². The van der Waals surface area contributed by atoms with E-state index in [9.17, 15) is 5.11 Å². The van der Waals surface area contributed by atoms with Crippen molar-refractivity contribution in [1.82, 2.24) is 10.6 Å². The summed E-state index contributed by atoms with van der Waals surface area (Å²) in [5.41, 5.74) is 1.08. The minimum Gasteiger partial charge on any atom is -0.504 e. The van der Waals surface area contributed by atoms with Crippen LogP contribution in [0.5, 0.6) is 11.5 Å². The normalized spacial score (nSPS) is 13.0. The maximum atomic E-state index is 10.2. The van der Waals surface area contributed by atoms with E-state index >= 15 is 0 Å². The largest absolute Gasteiger partial charge is 0.504 e. The number of ether oxygens (including phenoxy) is 1. The Morgan fingerprint density at radius 3 is 2.56 bits per heavy atom. The fourth-order valence-electron chi connectivity index (χ4n) is 2.30. The topological polar surface area (TPSA) is 65.9 Å². The van der Waals surface area contributed by atoms with Gasteiger partial charge in [0.25, 0.3) is 0 Å². The lowest BCUT2D eigenvalue weighted by Crippen LogP contribution is -2.42. The molecule has 0 aromatic heterocycles. The molecule has 0 radical (unpaired) electrons. The summed E-state index contributed by atoms with van der Waals surface area (Å²) >= 11 is 0. The van der Waals surface area contributed by atoms with Crippen molar-refractivity contribution < 1.29 is 9.84 Å². The number of phenols is 1. The van der Waals surface area contributed by atoms with Gasteiger partial charge in [-0.05, 0) is 38.2 Å². The van der Waals surface area contributed by atoms with Gasteiger partial charge in [0.2, 0.25) is 0 Å². The molecule has 6 heteroatoms. The van der Waals surface area contributed by atoms with Gasteiger partial charge < -0.3 is 20.5 Å². The van der Waals surface area contributed by atoms with Crippen molar-refractivity contribution in [3.8, 4) is 11.5 Å². The zero-order valence-electron chi connectivity index (χ0n) is 16.3. The highest BCUT2D eigenvalue weighted by Crippen LogP contribution is 2.29. The zero-order chi connectivity index (χ0) is 18.2. The molecule has 25 heavy (non-hydrogen) atoms. The van der Waals surface area contributed by atoms with Crippen molar-refractivity contribution in [3.05, 3.63) is 23.8 Å². The van der Waals surface area contributed by atoms with Crippen LogP contribution < -0.4 is 15.4 Å². The van der Waals surface area contributed by atoms with Crippen LogP contribution >= 0.6 is 24.0 Å². The van der Waals surface area contributed by atoms with Crippen molar-refractivity contribution >= 4 is 29.9 Å². The predicted molar refractivity (Wildman–Crippen MR) is 116 cm³/mol. The van der Waals surface area contributed by atoms with Crippen molar-refractivity contribution in [1.29, 1.82) is 0 Å². The Morgan fingerprint density at radius 2 is 2.00 bits per heavy atom. The second-order valence-corrected chi connectivity index (χ2v) is 7.31. The quantitative estimate of drug-likeness (QED) is 0.321. The summed E-state index contributed by atoms with van der Waals surface area (Å²) in [5.74, 6) is 1.39. The summed E-state index contributed by atoms with van der Waals surface area (Å²) in [4.78, 5) is 4.58. The Kier molecular flexibility index (Phi) is 10.9. The van der Waals surface area contributed by atoms with Gasteiger partial charge >= 0.3 is 0 Å². The number of guanidine groups is 1. The van der Waals surface area contributed by atoms with Gasteiger partial charge in [-0.1, -0.05) is 32.9 Å². The molecule has 5 nitrogen and oxygen atoms in total. The average Bonchev–Trinajstić information content (AvgIpc) is 2.51. The minimum absolute atomic E-state index is 0. The van der Waals surface area contributed by atoms with Gasteiger partial charge in [0.05, 0.1) is 13.7 Å². The molecule has 0 aliphatic heterocycles. The number of methoxy groups -OCH3 is 1. The summed E-state index contributed by atoms with van der Waals surface area (Å²) in [5, 5.41) is 16.8. The van der Waals surface area contributed by atoms with E-state index in [1.807, 2.05) is 19.1 Å². The molecule has 1 aromatic rings. The van der Waals surface area contributed by atoms with E-state index in [-0.39, 0.29) is 29.7 Å². The first-order valence-corrected chi connectivity index (χ1v) is 8.66. The predicted octanol–water partition coefficient (Wildman–Crippen LogP) is 4.29. The Labute approximate surface area is 169 Å². The Hall–Kier alpha value is -1.18. The number of nitrogens with one attached hydrogen (secondary N) is 2. The molecule has 0 heterocycles. The van der Waals surface area contributed by atoms with Crippen LogP contribution in [0.25, 0.3) is 0 Å². The molecule has 0 spiro atoms. The lowest BCUT2D eigenvalue weighted by Gasteiger charge is -2.23. The first kappa shape index (κ1) is 23.8. The lowest BCUT2D eigenvalue weighted by molar-refractivity contribution is 0.346. The highest BCUT2D eigenvalue weighted by molar-refractivity contribution is 14.0. The van der Waals surface area contributed by atoms with Gasteiger partial charge in [-0.2, -0.15) is 0 Å². The van der Waals surface area contributed by atoms with Crippen LogP contribution in [0.1, 0.15) is 53.0 Å². The van der Waals surface area contributed by atoms with Gasteiger partial charge in [-0.15, -0.1) is 24.0 Å². The maximum Gasteiger partial charge on any atom is 0.191 e. The van der Waals surface area contributed by atoms with Crippen LogP contribution in [0, 0.1) is 5.41 Å². The summed E-state index contributed by atoms with van der Waals surface area (Å²) in [6, 6.07) is 5.78. The molecule has 0 saturated carbocycles. The first-order valence-electron chi connectivity index (χ1n) is 8.66. The maximum absolute atomic E-state index is 10.2. The molecule has 0 amide bonds. The molecule has 0 saturated heterocycles. The van der Waals surface area contributed by atoms with Crippen LogP contribution in [0.3, 0.4) is 0 Å². The van der Waals surface area contributed by atoms with Crippen LogP contribution in [0.2, 0.25) is 0 Å². The number of aliphatic imine (C=N–C) groups is 1. The summed E-state index contributed by atoms with van der Waals surface area (Å²) in [7, 11) is 1.55. The number of para-hydroxylation sites is 1. The third kappa shape index (κ3) is 9.18. The van der Waals surface area contributed by atoms with Gasteiger partial charge in [-0.3, -0.25) is 0 Å². The number of phenolic OH excluding ortho intramolecular Hbond substituents is 1. The molecule has 144 valence electrons. The molecular formula is C19H34IN3O2. The summed E-state index contributed by atoms with van der Waals surface area (Å²) in [6.45, 7) is 12.2. The fourth-order valence-corrected chi connectivity index (χ4v) is 2.30. The third-order valence-corrected chi connectivity index (χ3v) is 3.76. The number of halogens is 1. The second kappa shape index (κ2) is 11.4. The molecule has 0 bridgehead atoms. The highest BCUT2D eigenvalue weighted by atomic mass is 127. The molecule has 0 aliphatic rings. The van der Waals surface area contributed by atoms with Crippen molar-refractivity contribution in [3.63, 3.8) is 0 Å². The van der Waals surface area contributed by atoms with Crippen molar-refractivity contribution in [2.45, 2.75) is 60.0 Å². The van der Waals surface area contributed by atoms with Gasteiger partial charge in [0, 0.05) is 18.2 Å². The smallest absolute Gasteiger partial charge is 0.191 e. The van der Waals surface area contributed by atoms with E-state index in [0.29, 0.717) is 23.8 Å². The van der Waals surface area contributed by atoms with E-state index in [1.54, 1.807) is 13.2 Å². The number of nitrogens with zero attached hydrogens (tertiary/aromatic N) is 1. The molecule has 1 atom stereocenters. The molecule has 3 N–H and O–H groups in total. The second-order valence-electron chi connectivity index (χ2n) is 7.31. The molecule has 1 unspecified atom stereocenters. The first-order chi connectivity index (χ1) is 11.3. The van der Waals surface area contributed by atoms with Gasteiger partial charge in [0.15, 0.2) is 17.5 Å². The molecular weight excluding hydrogens is 429 g/mol. The third-order valence-electron chi connectivity index (χ3n) is 3.76. The lowest BCUT2D eigenvalue weighted by atomic mass is 9.89. The van der Waals surface area contributed by atoms with Crippen LogP contribution in [0.15, 0.2) is 23.2 Å². The SMILES string of the molecule is CCNC(=NCc1cccc(OC)c1O)NC(C)CCC(C)(C)C.I. The van der Waals surface area contributed by atoms with E-state index in [2.05, 4.69) is 43.3 Å². The number of aromatic hydroxyl groups is 1. The Balaban J connectivity index is 0.00000576. The van der Waals surface area contributed by atoms with Gasteiger partial charge in [-0.25, -0.2) is 4.99 Å². The van der Waals surface area contributed by atoms with E-state index in [4.69, 9.17) is 4.74 Å². The number of rotatable bonds is 7. The van der Waals surface area contributed by atoms with E-state index < -0.39 is 0 Å². The zero-order valence-corrected chi connectivity index (χ0v) is 18.7. The Bertz CT molecular complexity index is 542. The van der Waals surface area contributed by atoms with Crippen molar-refractivity contribution in [2.75, 3.05) is 13.7 Å². The van der Waals surface area contributed by atoms with Crippen molar-refractivity contribution in [2.24, 2.45) is 10.4 Å². The fraction of sp³-hybridized carbons (Fsp3) is 0.632. The Morgan fingerprint density at radius 1 is 1.32 bits per heavy atom. The number of hydrogen-bond acceptors (Lipinski definition) is 3. The molecule has 0 aliphatic carbocycles. The van der Waals surface area contributed by atoms with Gasteiger partial charge in [0.1, 0.15) is 0 Å². The summed E-state index contributed by atoms with van der Waals surface area (Å²) < 4.78 is 5.14. The van der Waals surface area contributed by atoms with Crippen LogP contribution in [0.4, 0.5) is 0 Å². The monoisotopic (exact) mass is 463 g/mol. The average molecular weight is 463 g/mol. The molecule has 1 aromatic carbocycles. The standard InChI is InChI=1S/C19H33N3O2.HI/c1-7-20-18(22-14(2)11-12-19(3,4)5)21-13-15-9-8-10-16(24-6)17(15)23;/h8-10,14,23H,7,11-13H2,1-6H3,(H2,20,21,22);1H. The molecule has 1 rings (SSSR count). The van der Waals surface area contributed by atoms with Crippen LogP contribution in [-0.2, 0) is 6.54 Å². The minimum atomic E-state index is 0. The summed E-state index contributed by atoms with van der Waals surface area (Å²) in [6.07, 6.45) is 2.23. The molecule has 0 fully saturated rings. The van der Waals surface area contributed by atoms with Crippen LogP contribution in [-0.4, -0.2) is 30.8 Å². The van der Waals surface area contributed by atoms with E-state index in [0.717, 1.165) is 30.9 Å². The number of benzene rings is 1. The number of hydrogen-bond donors (Lipinski definition) is 3. The highest BCUT2D eigenvalue weighted by Gasteiger charge is 2.13.